The first-order valence-electron chi connectivity index (χ1n) is 13.3. The van der Waals surface area contributed by atoms with Gasteiger partial charge in [0.25, 0.3) is 0 Å². The van der Waals surface area contributed by atoms with Crippen LogP contribution in [0.4, 0.5) is 17.6 Å². The summed E-state index contributed by atoms with van der Waals surface area (Å²) in [7, 11) is 0. The average Bonchev–Trinajstić information content (AvgIpc) is 3.74. The normalized spacial score (nSPS) is 11.8. The van der Waals surface area contributed by atoms with E-state index in [4.69, 9.17) is 0 Å². The molecule has 0 N–H and O–H groups in total. The minimum atomic E-state index is -0.621. The summed E-state index contributed by atoms with van der Waals surface area (Å²) in [6.45, 7) is 0. The summed E-state index contributed by atoms with van der Waals surface area (Å²) >= 11 is 0. The molecule has 210 valence electrons. The molecule has 8 nitrogen and oxygen atoms in total. The summed E-state index contributed by atoms with van der Waals surface area (Å²) < 4.78 is 61.1. The number of halogens is 4. The van der Waals surface area contributed by atoms with Gasteiger partial charge in [-0.25, -0.2) is 27.5 Å². The summed E-state index contributed by atoms with van der Waals surface area (Å²) in [4.78, 5) is 36.1. The second-order valence-electron chi connectivity index (χ2n) is 10.1. The van der Waals surface area contributed by atoms with Crippen LogP contribution < -0.4 is 9.97 Å². The molecule has 8 bridgehead atoms. The zero-order valence-electron chi connectivity index (χ0n) is 22.7. The van der Waals surface area contributed by atoms with Crippen molar-refractivity contribution in [2.75, 3.05) is 0 Å². The Morgan fingerprint density at radius 3 is 1.22 bits per heavy atom. The van der Waals surface area contributed by atoms with Crippen LogP contribution in [-0.4, -0.2) is 29.9 Å². The molecule has 0 fully saturated rings. The van der Waals surface area contributed by atoms with Crippen LogP contribution in [0.1, 0.15) is 0 Å². The monoisotopic (exact) mass is 648 g/mol. The molecule has 9 rings (SSSR count). The maximum absolute atomic E-state index is 15.3. The van der Waals surface area contributed by atoms with E-state index in [9.17, 15) is 0 Å². The molecule has 5 heterocycles. The summed E-state index contributed by atoms with van der Waals surface area (Å²) in [6, 6.07) is 17.4. The van der Waals surface area contributed by atoms with Gasteiger partial charge in [0.2, 0.25) is 0 Å². The molecule has 0 spiro atoms. The van der Waals surface area contributed by atoms with E-state index in [1.165, 1.54) is 48.5 Å². The summed E-state index contributed by atoms with van der Waals surface area (Å²) in [6.07, 6.45) is 0. The summed E-state index contributed by atoms with van der Waals surface area (Å²) in [5.41, 5.74) is 0.594. The third-order valence-electron chi connectivity index (χ3n) is 7.61. The maximum atomic E-state index is 15.3. The second kappa shape index (κ2) is 9.80. The molecular formula is C32H12F4N8Zn. The molecule has 2 aliphatic heterocycles. The summed E-state index contributed by atoms with van der Waals surface area (Å²) in [5, 5.41) is 0.680. The van der Waals surface area contributed by atoms with Gasteiger partial charge in [0.05, 0.1) is 23.3 Å². The van der Waals surface area contributed by atoms with Crippen molar-refractivity contribution in [1.29, 1.82) is 0 Å². The average molecular weight is 650 g/mol. The molecular weight excluding hydrogens is 638 g/mol. The Hall–Kier alpha value is -5.42. The van der Waals surface area contributed by atoms with Crippen molar-refractivity contribution < 1.29 is 37.0 Å². The molecule has 0 saturated carbocycles. The Labute approximate surface area is 262 Å². The van der Waals surface area contributed by atoms with E-state index >= 15 is 17.6 Å². The van der Waals surface area contributed by atoms with E-state index in [0.29, 0.717) is 21.9 Å². The van der Waals surface area contributed by atoms with Crippen molar-refractivity contribution in [3.05, 3.63) is 96.1 Å². The van der Waals surface area contributed by atoms with E-state index in [1.54, 1.807) is 24.3 Å². The molecule has 0 saturated heterocycles. The van der Waals surface area contributed by atoms with Gasteiger partial charge in [0, 0.05) is 55.6 Å². The minimum absolute atomic E-state index is 0. The van der Waals surface area contributed by atoms with Crippen LogP contribution in [0.5, 0.6) is 0 Å². The molecule has 13 heteroatoms. The van der Waals surface area contributed by atoms with Gasteiger partial charge in [0.1, 0.15) is 23.3 Å². The van der Waals surface area contributed by atoms with Crippen LogP contribution in [0, 0.1) is 23.3 Å². The van der Waals surface area contributed by atoms with Crippen LogP contribution >= 0.6 is 0 Å². The molecule has 0 aliphatic carbocycles. The van der Waals surface area contributed by atoms with Gasteiger partial charge >= 0.3 is 19.5 Å². The standard InChI is InChI=1S/C32H12F4N8.Zn/c33-17-9-1-5-13-21(17)29-37-25(13)41-30-22-14(6-2-10-18(22)34)27(38-30)43-32-24-16(8-4-12-20(24)36)28(40-32)44-31-23-15(26(39-31)42-29)7-3-11-19(23)35;/h1-12H;/q-2;+2. The largest absolute Gasteiger partial charge is 2.00 e. The van der Waals surface area contributed by atoms with E-state index in [0.717, 1.165) is 0 Å². The van der Waals surface area contributed by atoms with Crippen molar-refractivity contribution in [2.24, 2.45) is 0 Å². The molecule has 3 aromatic heterocycles. The fourth-order valence-electron chi connectivity index (χ4n) is 5.68. The predicted octanol–water partition coefficient (Wildman–Crippen LogP) is 6.68. The van der Waals surface area contributed by atoms with E-state index < -0.39 is 23.3 Å². The van der Waals surface area contributed by atoms with Crippen LogP contribution in [0.15, 0.2) is 72.8 Å². The van der Waals surface area contributed by atoms with Crippen LogP contribution in [0.25, 0.3) is 89.7 Å². The number of benzene rings is 4. The Morgan fingerprint density at radius 1 is 0.400 bits per heavy atom. The number of hydrogen-bond donors (Lipinski definition) is 0. The Balaban J connectivity index is 0.00000300. The molecule has 45 heavy (non-hydrogen) atoms. The zero-order chi connectivity index (χ0) is 29.7. The smallest absolute Gasteiger partial charge is 0.357 e. The van der Waals surface area contributed by atoms with E-state index in [-0.39, 0.29) is 87.3 Å². The Bertz CT molecular complexity index is 2400. The van der Waals surface area contributed by atoms with Gasteiger partial charge in [-0.3, -0.25) is 0 Å². The molecule has 7 aromatic rings. The van der Waals surface area contributed by atoms with Gasteiger partial charge in [-0.15, -0.1) is 0 Å². The van der Waals surface area contributed by atoms with Gasteiger partial charge in [-0.05, 0) is 35.0 Å². The third kappa shape index (κ3) is 3.93. The van der Waals surface area contributed by atoms with Crippen LogP contribution in [0.2, 0.25) is 0 Å². The number of fused-ring (bicyclic) bond motifs is 20. The van der Waals surface area contributed by atoms with Crippen molar-refractivity contribution in [2.45, 2.75) is 0 Å². The summed E-state index contributed by atoms with van der Waals surface area (Å²) in [5.74, 6) is -2.57. The number of hydrogen-bond acceptors (Lipinski definition) is 6. The molecule has 0 atom stereocenters. The minimum Gasteiger partial charge on any atom is -0.357 e. The predicted molar refractivity (Wildman–Crippen MR) is 154 cm³/mol. The quantitative estimate of drug-likeness (QED) is 0.132. The first kappa shape index (κ1) is 27.2. The van der Waals surface area contributed by atoms with Gasteiger partial charge in [0.15, 0.2) is 0 Å². The van der Waals surface area contributed by atoms with Crippen molar-refractivity contribution in [3.63, 3.8) is 0 Å². The third-order valence-corrected chi connectivity index (χ3v) is 7.61. The maximum Gasteiger partial charge on any atom is 2.00 e. The van der Waals surface area contributed by atoms with Gasteiger partial charge in [-0.1, -0.05) is 48.5 Å². The first-order valence-corrected chi connectivity index (χ1v) is 13.3. The molecule has 4 aromatic carbocycles. The van der Waals surface area contributed by atoms with Gasteiger partial charge < -0.3 is 29.9 Å². The van der Waals surface area contributed by atoms with E-state index in [1.807, 2.05) is 0 Å². The molecule has 0 radical (unpaired) electrons. The van der Waals surface area contributed by atoms with Crippen LogP contribution in [-0.2, 0) is 19.5 Å². The second-order valence-corrected chi connectivity index (χ2v) is 10.1. The Morgan fingerprint density at radius 2 is 0.778 bits per heavy atom. The fraction of sp³-hybridized carbons (Fsp3) is 0. The SMILES string of the molecule is Fc1cccc2c1-c1nc-2nc2[n-]c(nc3nc(nc4[n-]c(n1)c1cccc(F)c41)-c1cccc(F)c1-3)c1cccc(F)c21.[Zn+2]. The number of aromatic nitrogens is 8. The first-order chi connectivity index (χ1) is 21.4. The van der Waals surface area contributed by atoms with Gasteiger partial charge in [-0.2, -0.15) is 0 Å². The zero-order valence-corrected chi connectivity index (χ0v) is 25.7. The topological polar surface area (TPSA) is 106 Å². The number of nitrogens with zero attached hydrogens (tertiary/aromatic N) is 8. The van der Waals surface area contributed by atoms with Crippen molar-refractivity contribution >= 4 is 44.1 Å². The van der Waals surface area contributed by atoms with E-state index in [2.05, 4.69) is 39.9 Å². The Kier molecular flexibility index (Phi) is 5.91. The fourth-order valence-corrected chi connectivity index (χ4v) is 5.68. The number of rotatable bonds is 0. The molecule has 0 amide bonds. The molecule has 2 aliphatic rings. The van der Waals surface area contributed by atoms with Crippen LogP contribution in [0.3, 0.4) is 0 Å². The molecule has 0 unspecified atom stereocenters. The van der Waals surface area contributed by atoms with Crippen molar-refractivity contribution in [3.8, 4) is 45.6 Å². The van der Waals surface area contributed by atoms with Crippen molar-refractivity contribution in [1.82, 2.24) is 39.9 Å².